The van der Waals surface area contributed by atoms with E-state index in [1.165, 1.54) is 11.3 Å². The van der Waals surface area contributed by atoms with E-state index < -0.39 is 0 Å². The van der Waals surface area contributed by atoms with Gasteiger partial charge >= 0.3 is 0 Å². The van der Waals surface area contributed by atoms with E-state index >= 15 is 0 Å². The van der Waals surface area contributed by atoms with Gasteiger partial charge in [-0.05, 0) is 30.2 Å². The molecule has 3 aromatic rings. The lowest BCUT2D eigenvalue weighted by Gasteiger charge is -2.23. The summed E-state index contributed by atoms with van der Waals surface area (Å²) >= 11 is 0. The van der Waals surface area contributed by atoms with Crippen molar-refractivity contribution in [3.63, 3.8) is 0 Å². The summed E-state index contributed by atoms with van der Waals surface area (Å²) in [6.07, 6.45) is 4.38. The second-order valence-corrected chi connectivity index (χ2v) is 5.14. The van der Waals surface area contributed by atoms with Crippen LogP contribution in [0.5, 0.6) is 0 Å². The molecule has 4 rings (SSSR count). The zero-order chi connectivity index (χ0) is 14.1. The minimum Gasteiger partial charge on any atom is -0.384 e. The molecule has 1 aliphatic rings. The summed E-state index contributed by atoms with van der Waals surface area (Å²) in [4.78, 5) is 8.60. The Kier molecular flexibility index (Phi) is 2.88. The third-order valence-electron chi connectivity index (χ3n) is 3.73. The van der Waals surface area contributed by atoms with Crippen LogP contribution in [0.15, 0.2) is 53.3 Å². The summed E-state index contributed by atoms with van der Waals surface area (Å²) in [7, 11) is 0. The van der Waals surface area contributed by atoms with Gasteiger partial charge in [0, 0.05) is 30.2 Å². The zero-order valence-electron chi connectivity index (χ0n) is 11.4. The molecule has 1 N–H and O–H groups in total. The molecule has 5 nitrogen and oxygen atoms in total. The van der Waals surface area contributed by atoms with Crippen LogP contribution in [0.4, 0.5) is 5.69 Å². The number of nitrogens with one attached hydrogen (secondary N) is 1. The Morgan fingerprint density at radius 3 is 3.00 bits per heavy atom. The highest BCUT2D eigenvalue weighted by Crippen LogP contribution is 2.30. The van der Waals surface area contributed by atoms with Gasteiger partial charge in [-0.3, -0.25) is 4.98 Å². The van der Waals surface area contributed by atoms with Crippen LogP contribution in [-0.4, -0.2) is 21.7 Å². The molecular weight excluding hydrogens is 264 g/mol. The summed E-state index contributed by atoms with van der Waals surface area (Å²) in [5, 5.41) is 7.48. The SMILES string of the molecule is c1cncc(-c2noc(C3CNc4ccccc4C3)n2)c1. The second kappa shape index (κ2) is 5.01. The van der Waals surface area contributed by atoms with E-state index in [0.717, 1.165) is 18.5 Å². The van der Waals surface area contributed by atoms with E-state index in [2.05, 4.69) is 38.6 Å². The van der Waals surface area contributed by atoms with Gasteiger partial charge in [-0.1, -0.05) is 23.4 Å². The van der Waals surface area contributed by atoms with Gasteiger partial charge in [0.2, 0.25) is 11.7 Å². The molecule has 1 unspecified atom stereocenters. The first-order chi connectivity index (χ1) is 10.4. The summed E-state index contributed by atoms with van der Waals surface area (Å²) in [6.45, 7) is 0.811. The monoisotopic (exact) mass is 278 g/mol. The van der Waals surface area contributed by atoms with Crippen LogP contribution in [0.1, 0.15) is 17.4 Å². The summed E-state index contributed by atoms with van der Waals surface area (Å²) < 4.78 is 5.44. The maximum atomic E-state index is 5.44. The van der Waals surface area contributed by atoms with Crippen molar-refractivity contribution in [1.29, 1.82) is 0 Å². The molecule has 0 aliphatic carbocycles. The van der Waals surface area contributed by atoms with Gasteiger partial charge in [0.15, 0.2) is 0 Å². The minimum atomic E-state index is 0.206. The molecule has 0 radical (unpaired) electrons. The van der Waals surface area contributed by atoms with E-state index in [1.807, 2.05) is 18.2 Å². The van der Waals surface area contributed by atoms with E-state index in [1.54, 1.807) is 12.4 Å². The average Bonchev–Trinajstić information content (AvgIpc) is 3.05. The fraction of sp³-hybridized carbons (Fsp3) is 0.188. The first-order valence-corrected chi connectivity index (χ1v) is 6.96. The first kappa shape index (κ1) is 12.1. The number of nitrogens with zero attached hydrogens (tertiary/aromatic N) is 3. The largest absolute Gasteiger partial charge is 0.384 e. The Balaban J connectivity index is 1.60. The lowest BCUT2D eigenvalue weighted by molar-refractivity contribution is 0.354. The van der Waals surface area contributed by atoms with Crippen LogP contribution < -0.4 is 5.32 Å². The lowest BCUT2D eigenvalue weighted by atomic mass is 9.94. The van der Waals surface area contributed by atoms with Gasteiger partial charge < -0.3 is 9.84 Å². The lowest BCUT2D eigenvalue weighted by Crippen LogP contribution is -2.21. The molecule has 21 heavy (non-hydrogen) atoms. The minimum absolute atomic E-state index is 0.206. The number of hydrogen-bond donors (Lipinski definition) is 1. The van der Waals surface area contributed by atoms with Crippen LogP contribution in [-0.2, 0) is 6.42 Å². The molecule has 0 spiro atoms. The van der Waals surface area contributed by atoms with E-state index in [0.29, 0.717) is 11.7 Å². The van der Waals surface area contributed by atoms with Crippen LogP contribution >= 0.6 is 0 Å². The fourth-order valence-corrected chi connectivity index (χ4v) is 2.63. The number of anilines is 1. The predicted octanol–water partition coefficient (Wildman–Crippen LogP) is 2.88. The highest BCUT2D eigenvalue weighted by molar-refractivity contribution is 5.55. The molecule has 104 valence electrons. The molecule has 5 heteroatoms. The highest BCUT2D eigenvalue weighted by atomic mass is 16.5. The first-order valence-electron chi connectivity index (χ1n) is 6.96. The maximum absolute atomic E-state index is 5.44. The van der Waals surface area contributed by atoms with Crippen molar-refractivity contribution >= 4 is 5.69 Å². The van der Waals surface area contributed by atoms with Crippen molar-refractivity contribution in [3.05, 3.63) is 60.2 Å². The third-order valence-corrected chi connectivity index (χ3v) is 3.73. The standard InChI is InChI=1S/C16H14N4O/c1-2-6-14-11(4-1)8-13(10-18-14)16-19-15(20-21-16)12-5-3-7-17-9-12/h1-7,9,13,18H,8,10H2. The van der Waals surface area contributed by atoms with Gasteiger partial charge in [0.1, 0.15) is 0 Å². The van der Waals surface area contributed by atoms with Crippen LogP contribution in [0.2, 0.25) is 0 Å². The van der Waals surface area contributed by atoms with Crippen LogP contribution in [0, 0.1) is 0 Å². The van der Waals surface area contributed by atoms with Crippen molar-refractivity contribution in [1.82, 2.24) is 15.1 Å². The van der Waals surface area contributed by atoms with Gasteiger partial charge in [0.25, 0.3) is 0 Å². The van der Waals surface area contributed by atoms with Gasteiger partial charge in [-0.25, -0.2) is 0 Å². The van der Waals surface area contributed by atoms with Crippen molar-refractivity contribution in [2.75, 3.05) is 11.9 Å². The smallest absolute Gasteiger partial charge is 0.232 e. The molecule has 2 aromatic heterocycles. The topological polar surface area (TPSA) is 63.8 Å². The molecule has 3 heterocycles. The van der Waals surface area contributed by atoms with E-state index in [9.17, 15) is 0 Å². The van der Waals surface area contributed by atoms with Crippen LogP contribution in [0.25, 0.3) is 11.4 Å². The Labute approximate surface area is 122 Å². The number of pyridine rings is 1. The quantitative estimate of drug-likeness (QED) is 0.781. The number of hydrogen-bond acceptors (Lipinski definition) is 5. The molecule has 1 atom stereocenters. The summed E-state index contributed by atoms with van der Waals surface area (Å²) in [5.74, 6) is 1.48. The summed E-state index contributed by atoms with van der Waals surface area (Å²) in [6, 6.07) is 12.1. The molecule has 0 amide bonds. The van der Waals surface area contributed by atoms with Gasteiger partial charge in [-0.15, -0.1) is 0 Å². The second-order valence-electron chi connectivity index (χ2n) is 5.14. The van der Waals surface area contributed by atoms with Gasteiger partial charge in [0.05, 0.1) is 5.92 Å². The Morgan fingerprint density at radius 2 is 2.10 bits per heavy atom. The van der Waals surface area contributed by atoms with Crippen LogP contribution in [0.3, 0.4) is 0 Å². The van der Waals surface area contributed by atoms with E-state index in [-0.39, 0.29) is 5.92 Å². The number of para-hydroxylation sites is 1. The van der Waals surface area contributed by atoms with Crippen molar-refractivity contribution in [3.8, 4) is 11.4 Å². The molecule has 0 saturated heterocycles. The number of fused-ring (bicyclic) bond motifs is 1. The Bertz CT molecular complexity index is 754. The van der Waals surface area contributed by atoms with Crippen molar-refractivity contribution in [2.45, 2.75) is 12.3 Å². The zero-order valence-corrected chi connectivity index (χ0v) is 11.4. The molecular formula is C16H14N4O. The Hall–Kier alpha value is -2.69. The van der Waals surface area contributed by atoms with Crippen molar-refractivity contribution < 1.29 is 4.52 Å². The molecule has 0 bridgehead atoms. The van der Waals surface area contributed by atoms with E-state index in [4.69, 9.17) is 4.52 Å². The average molecular weight is 278 g/mol. The number of rotatable bonds is 2. The predicted molar refractivity (Wildman–Crippen MR) is 78.9 cm³/mol. The van der Waals surface area contributed by atoms with Gasteiger partial charge in [-0.2, -0.15) is 4.98 Å². The molecule has 0 fully saturated rings. The maximum Gasteiger partial charge on any atom is 0.232 e. The Morgan fingerprint density at radius 1 is 1.14 bits per heavy atom. The number of benzene rings is 1. The molecule has 0 saturated carbocycles. The summed E-state index contributed by atoms with van der Waals surface area (Å²) in [5.41, 5.74) is 3.35. The normalized spacial score (nSPS) is 17.0. The fourth-order valence-electron chi connectivity index (χ4n) is 2.63. The number of aromatic nitrogens is 3. The molecule has 1 aromatic carbocycles. The highest BCUT2D eigenvalue weighted by Gasteiger charge is 2.24. The molecule has 1 aliphatic heterocycles. The third kappa shape index (κ3) is 2.27. The van der Waals surface area contributed by atoms with Crippen molar-refractivity contribution in [2.24, 2.45) is 0 Å².